The number of rotatable bonds is 3. The molecule has 9 heteroatoms. The molecule has 20 heavy (non-hydrogen) atoms. The van der Waals surface area contributed by atoms with Crippen molar-refractivity contribution in [3.8, 4) is 5.95 Å². The molecule has 0 saturated heterocycles. The Balaban J connectivity index is 2.66. The first-order valence-electron chi connectivity index (χ1n) is 5.61. The molecule has 0 amide bonds. The maximum absolute atomic E-state index is 11.0. The number of aromatic nitrogens is 4. The Morgan fingerprint density at radius 1 is 1.35 bits per heavy atom. The monoisotopic (exact) mass is 277 g/mol. The van der Waals surface area contributed by atoms with Gasteiger partial charge in [-0.2, -0.15) is 9.78 Å². The molecule has 2 aromatic heterocycles. The molecule has 9 nitrogen and oxygen atoms in total. The lowest BCUT2D eigenvalue weighted by Gasteiger charge is -2.04. The maximum Gasteiger partial charge on any atom is 0.354 e. The average Bonchev–Trinajstić information content (AvgIpc) is 2.63. The van der Waals surface area contributed by atoms with E-state index in [1.807, 2.05) is 0 Å². The van der Waals surface area contributed by atoms with E-state index >= 15 is 0 Å². The molecule has 0 aliphatic rings. The molecule has 0 saturated carbocycles. The Labute approximate surface area is 113 Å². The standard InChI is InChI=1S/C11H11N5O4/c1-5-4-8(10(17)18)13-11(12-5)15-7(3)9(16(19)20)6(2)14-15/h4H,1-3H3,(H,17,18). The summed E-state index contributed by atoms with van der Waals surface area (Å²) in [5.74, 6) is -1.20. The zero-order valence-corrected chi connectivity index (χ0v) is 11.0. The molecule has 2 aromatic rings. The lowest BCUT2D eigenvalue weighted by atomic mass is 10.3. The van der Waals surface area contributed by atoms with Crippen molar-refractivity contribution in [1.29, 1.82) is 0 Å². The summed E-state index contributed by atoms with van der Waals surface area (Å²) >= 11 is 0. The van der Waals surface area contributed by atoms with Crippen LogP contribution in [0.15, 0.2) is 6.07 Å². The van der Waals surface area contributed by atoms with Crippen LogP contribution in [0.2, 0.25) is 0 Å². The zero-order chi connectivity index (χ0) is 15.0. The Morgan fingerprint density at radius 3 is 2.50 bits per heavy atom. The molecule has 0 radical (unpaired) electrons. The second kappa shape index (κ2) is 4.68. The van der Waals surface area contributed by atoms with Gasteiger partial charge in [-0.1, -0.05) is 0 Å². The lowest BCUT2D eigenvalue weighted by Crippen LogP contribution is -2.11. The van der Waals surface area contributed by atoms with Crippen molar-refractivity contribution in [2.24, 2.45) is 0 Å². The van der Waals surface area contributed by atoms with Crippen LogP contribution in [0.3, 0.4) is 0 Å². The molecular formula is C11H11N5O4. The smallest absolute Gasteiger partial charge is 0.354 e. The minimum atomic E-state index is -1.20. The summed E-state index contributed by atoms with van der Waals surface area (Å²) in [5, 5.41) is 23.9. The zero-order valence-electron chi connectivity index (χ0n) is 11.0. The first-order valence-corrected chi connectivity index (χ1v) is 5.61. The minimum absolute atomic E-state index is 0.00361. The predicted molar refractivity (Wildman–Crippen MR) is 67.0 cm³/mol. The second-order valence-corrected chi connectivity index (χ2v) is 4.19. The fourth-order valence-electron chi connectivity index (χ4n) is 1.85. The van der Waals surface area contributed by atoms with Crippen molar-refractivity contribution in [2.45, 2.75) is 20.8 Å². The van der Waals surface area contributed by atoms with Gasteiger partial charge < -0.3 is 5.11 Å². The average molecular weight is 277 g/mol. The molecule has 2 heterocycles. The molecular weight excluding hydrogens is 266 g/mol. The third-order valence-electron chi connectivity index (χ3n) is 2.69. The number of carbonyl (C=O) groups is 1. The highest BCUT2D eigenvalue weighted by Gasteiger charge is 2.24. The number of nitro groups is 1. The van der Waals surface area contributed by atoms with Gasteiger partial charge >= 0.3 is 11.7 Å². The highest BCUT2D eigenvalue weighted by Crippen LogP contribution is 2.23. The molecule has 0 spiro atoms. The van der Waals surface area contributed by atoms with Gasteiger partial charge in [0.1, 0.15) is 11.4 Å². The van der Waals surface area contributed by atoms with E-state index in [0.717, 1.165) is 0 Å². The molecule has 2 rings (SSSR count). The summed E-state index contributed by atoms with van der Waals surface area (Å²) in [6.07, 6.45) is 0. The Morgan fingerprint density at radius 2 is 2.00 bits per heavy atom. The first-order chi connectivity index (χ1) is 9.31. The third kappa shape index (κ3) is 2.20. The van der Waals surface area contributed by atoms with Gasteiger partial charge in [0.25, 0.3) is 5.95 Å². The number of carboxylic acid groups (broad SMARTS) is 1. The first kappa shape index (κ1) is 13.6. The minimum Gasteiger partial charge on any atom is -0.477 e. The van der Waals surface area contributed by atoms with E-state index in [0.29, 0.717) is 5.69 Å². The summed E-state index contributed by atoms with van der Waals surface area (Å²) in [6, 6.07) is 1.31. The molecule has 0 aliphatic heterocycles. The molecule has 104 valence electrons. The second-order valence-electron chi connectivity index (χ2n) is 4.19. The molecule has 0 aliphatic carbocycles. The fraction of sp³-hybridized carbons (Fsp3) is 0.273. The van der Waals surface area contributed by atoms with Crippen LogP contribution in [-0.2, 0) is 0 Å². The van der Waals surface area contributed by atoms with Crippen molar-refractivity contribution in [1.82, 2.24) is 19.7 Å². The van der Waals surface area contributed by atoms with Gasteiger partial charge in [0, 0.05) is 5.69 Å². The molecule has 1 N–H and O–H groups in total. The van der Waals surface area contributed by atoms with Crippen LogP contribution < -0.4 is 0 Å². The number of aryl methyl sites for hydroxylation is 2. The Hall–Kier alpha value is -2.84. The van der Waals surface area contributed by atoms with Crippen molar-refractivity contribution in [2.75, 3.05) is 0 Å². The van der Waals surface area contributed by atoms with E-state index in [2.05, 4.69) is 15.1 Å². The summed E-state index contributed by atoms with van der Waals surface area (Å²) in [5.41, 5.74) is 0.571. The van der Waals surface area contributed by atoms with E-state index in [1.165, 1.54) is 24.6 Å². The van der Waals surface area contributed by atoms with Gasteiger partial charge in [0.15, 0.2) is 5.69 Å². The van der Waals surface area contributed by atoms with E-state index in [-0.39, 0.29) is 28.7 Å². The Bertz CT molecular complexity index is 722. The van der Waals surface area contributed by atoms with Crippen LogP contribution in [-0.4, -0.2) is 35.7 Å². The van der Waals surface area contributed by atoms with E-state index < -0.39 is 10.9 Å². The summed E-state index contributed by atoms with van der Waals surface area (Å²) in [6.45, 7) is 4.61. The largest absolute Gasteiger partial charge is 0.477 e. The number of hydrogen-bond donors (Lipinski definition) is 1. The molecule has 0 unspecified atom stereocenters. The van der Waals surface area contributed by atoms with Crippen LogP contribution >= 0.6 is 0 Å². The van der Waals surface area contributed by atoms with Gasteiger partial charge in [-0.3, -0.25) is 10.1 Å². The van der Waals surface area contributed by atoms with Crippen molar-refractivity contribution < 1.29 is 14.8 Å². The fourth-order valence-corrected chi connectivity index (χ4v) is 1.85. The highest BCUT2D eigenvalue weighted by atomic mass is 16.6. The van der Waals surface area contributed by atoms with Gasteiger partial charge in [0.05, 0.1) is 4.92 Å². The SMILES string of the molecule is Cc1cc(C(=O)O)nc(-n2nc(C)c([N+](=O)[O-])c2C)n1. The summed E-state index contributed by atoms with van der Waals surface area (Å²) in [7, 11) is 0. The van der Waals surface area contributed by atoms with Crippen molar-refractivity contribution in [3.05, 3.63) is 39.0 Å². The van der Waals surface area contributed by atoms with Crippen LogP contribution in [0, 0.1) is 30.9 Å². The normalized spacial score (nSPS) is 10.6. The van der Waals surface area contributed by atoms with E-state index in [9.17, 15) is 14.9 Å². The van der Waals surface area contributed by atoms with Crippen LogP contribution in [0.25, 0.3) is 5.95 Å². The van der Waals surface area contributed by atoms with Crippen LogP contribution in [0.4, 0.5) is 5.69 Å². The van der Waals surface area contributed by atoms with Gasteiger partial charge in [-0.25, -0.2) is 14.8 Å². The molecule has 0 atom stereocenters. The van der Waals surface area contributed by atoms with Gasteiger partial charge in [-0.15, -0.1) is 0 Å². The molecule has 0 aromatic carbocycles. The topological polar surface area (TPSA) is 124 Å². The third-order valence-corrected chi connectivity index (χ3v) is 2.69. The van der Waals surface area contributed by atoms with Crippen LogP contribution in [0.1, 0.15) is 27.6 Å². The lowest BCUT2D eigenvalue weighted by molar-refractivity contribution is -0.386. The van der Waals surface area contributed by atoms with Crippen molar-refractivity contribution >= 4 is 11.7 Å². The Kier molecular flexibility index (Phi) is 3.18. The number of carboxylic acids is 1. The number of aromatic carboxylic acids is 1. The maximum atomic E-state index is 11.0. The van der Waals surface area contributed by atoms with Gasteiger partial charge in [-0.05, 0) is 26.8 Å². The van der Waals surface area contributed by atoms with E-state index in [1.54, 1.807) is 6.92 Å². The van der Waals surface area contributed by atoms with E-state index in [4.69, 9.17) is 5.11 Å². The summed E-state index contributed by atoms with van der Waals surface area (Å²) in [4.78, 5) is 29.3. The van der Waals surface area contributed by atoms with Crippen LogP contribution in [0.5, 0.6) is 0 Å². The molecule has 0 bridgehead atoms. The summed E-state index contributed by atoms with van der Waals surface area (Å²) < 4.78 is 1.17. The predicted octanol–water partition coefficient (Wildman–Crippen LogP) is 1.19. The molecule has 0 fully saturated rings. The number of nitrogens with zero attached hydrogens (tertiary/aromatic N) is 5. The van der Waals surface area contributed by atoms with Gasteiger partial charge in [0.2, 0.25) is 0 Å². The highest BCUT2D eigenvalue weighted by molar-refractivity contribution is 5.85. The quantitative estimate of drug-likeness (QED) is 0.659. The number of hydrogen-bond acceptors (Lipinski definition) is 6. The van der Waals surface area contributed by atoms with Crippen molar-refractivity contribution in [3.63, 3.8) is 0 Å².